The summed E-state index contributed by atoms with van der Waals surface area (Å²) in [5, 5.41) is 10.3. The molecule has 0 unspecified atom stereocenters. The van der Waals surface area contributed by atoms with E-state index in [1.807, 2.05) is 30.4 Å². The zero-order valence-electron chi connectivity index (χ0n) is 11.7. The third-order valence-corrected chi connectivity index (χ3v) is 3.19. The lowest BCUT2D eigenvalue weighted by molar-refractivity contribution is 0.415. The fraction of sp³-hybridized carbons (Fsp3) is 0.0588. The first-order valence-corrected chi connectivity index (χ1v) is 6.63. The molecule has 0 bridgehead atoms. The van der Waals surface area contributed by atoms with E-state index in [0.717, 1.165) is 28.1 Å². The van der Waals surface area contributed by atoms with Crippen LogP contribution < -0.4 is 4.74 Å². The van der Waals surface area contributed by atoms with Gasteiger partial charge in [-0.05, 0) is 34.9 Å². The Balaban J connectivity index is 1.80. The van der Waals surface area contributed by atoms with Crippen molar-refractivity contribution in [2.45, 2.75) is 0 Å². The minimum atomic E-state index is 0.812. The van der Waals surface area contributed by atoms with E-state index >= 15 is 0 Å². The number of hydrogen-bond donors (Lipinski definition) is 1. The Labute approximate surface area is 123 Å². The molecule has 0 aliphatic carbocycles. The molecule has 1 heterocycles. The molecule has 4 nitrogen and oxygen atoms in total. The van der Waals surface area contributed by atoms with Crippen molar-refractivity contribution in [3.8, 4) is 16.9 Å². The van der Waals surface area contributed by atoms with Crippen LogP contribution in [0.1, 0.15) is 11.3 Å². The Kier molecular flexibility index (Phi) is 3.78. The van der Waals surface area contributed by atoms with Crippen LogP contribution in [0, 0.1) is 0 Å². The number of rotatable bonds is 4. The molecule has 0 saturated carbocycles. The molecule has 0 saturated heterocycles. The summed E-state index contributed by atoms with van der Waals surface area (Å²) in [4.78, 5) is 0. The average Bonchev–Trinajstić information content (AvgIpc) is 3.07. The molecule has 0 fully saturated rings. The number of hydrogen-bond acceptors (Lipinski definition) is 3. The van der Waals surface area contributed by atoms with E-state index in [2.05, 4.69) is 45.7 Å². The van der Waals surface area contributed by atoms with Gasteiger partial charge in [0.2, 0.25) is 0 Å². The second-order valence-electron chi connectivity index (χ2n) is 4.58. The predicted molar refractivity (Wildman–Crippen MR) is 83.7 cm³/mol. The molecule has 0 amide bonds. The van der Waals surface area contributed by atoms with E-state index in [4.69, 9.17) is 4.74 Å². The van der Waals surface area contributed by atoms with E-state index in [-0.39, 0.29) is 0 Å². The van der Waals surface area contributed by atoms with Gasteiger partial charge < -0.3 is 4.74 Å². The Morgan fingerprint density at radius 1 is 1.00 bits per heavy atom. The minimum Gasteiger partial charge on any atom is -0.497 e. The number of methoxy groups -OCH3 is 1. The fourth-order valence-electron chi connectivity index (χ4n) is 2.06. The standard InChI is InChI=1S/C17H15N3O/c1-21-17-4-2-3-15(11-17)14-8-5-13(6-9-14)7-10-16-12-18-20-19-16/h2-12H,1H3,(H,18,19,20). The molecule has 1 N–H and O–H groups in total. The molecule has 21 heavy (non-hydrogen) atoms. The number of nitrogens with zero attached hydrogens (tertiary/aromatic N) is 2. The van der Waals surface area contributed by atoms with Crippen LogP contribution in [-0.4, -0.2) is 22.5 Å². The molecule has 3 aromatic rings. The molecule has 3 rings (SSSR count). The summed E-state index contributed by atoms with van der Waals surface area (Å²) in [5.41, 5.74) is 4.23. The quantitative estimate of drug-likeness (QED) is 0.792. The molecule has 0 aliphatic rings. The topological polar surface area (TPSA) is 50.8 Å². The van der Waals surface area contributed by atoms with Crippen LogP contribution >= 0.6 is 0 Å². The molecule has 0 spiro atoms. The van der Waals surface area contributed by atoms with E-state index in [9.17, 15) is 0 Å². The summed E-state index contributed by atoms with van der Waals surface area (Å²) >= 11 is 0. The third kappa shape index (κ3) is 3.17. The largest absolute Gasteiger partial charge is 0.497 e. The first-order chi connectivity index (χ1) is 10.3. The summed E-state index contributed by atoms with van der Waals surface area (Å²) < 4.78 is 5.25. The van der Waals surface area contributed by atoms with Gasteiger partial charge in [0.1, 0.15) is 11.4 Å². The highest BCUT2D eigenvalue weighted by molar-refractivity contribution is 5.71. The highest BCUT2D eigenvalue weighted by Gasteiger charge is 1.99. The molecule has 4 heteroatoms. The number of H-pyrrole nitrogens is 1. The van der Waals surface area contributed by atoms with Crippen LogP contribution in [0.3, 0.4) is 0 Å². The van der Waals surface area contributed by atoms with Gasteiger partial charge in [-0.2, -0.15) is 15.4 Å². The van der Waals surface area contributed by atoms with Gasteiger partial charge in [-0.15, -0.1) is 0 Å². The lowest BCUT2D eigenvalue weighted by Crippen LogP contribution is -1.84. The molecule has 0 atom stereocenters. The van der Waals surface area contributed by atoms with Crippen molar-refractivity contribution in [2.75, 3.05) is 7.11 Å². The SMILES string of the molecule is COc1cccc(-c2ccc(C=Cc3cn[nH]n3)cc2)c1. The molecule has 2 aromatic carbocycles. The Morgan fingerprint density at radius 2 is 1.86 bits per heavy atom. The third-order valence-electron chi connectivity index (χ3n) is 3.19. The van der Waals surface area contributed by atoms with Crippen molar-refractivity contribution in [1.82, 2.24) is 15.4 Å². The first kappa shape index (κ1) is 13.1. The van der Waals surface area contributed by atoms with E-state index in [0.29, 0.717) is 0 Å². The van der Waals surface area contributed by atoms with Crippen LogP contribution in [0.5, 0.6) is 5.75 Å². The van der Waals surface area contributed by atoms with Gasteiger partial charge in [0, 0.05) is 0 Å². The molecule has 104 valence electrons. The monoisotopic (exact) mass is 277 g/mol. The summed E-state index contributed by atoms with van der Waals surface area (Å²) in [6.45, 7) is 0. The Bertz CT molecular complexity index is 731. The minimum absolute atomic E-state index is 0.812. The van der Waals surface area contributed by atoms with Crippen molar-refractivity contribution < 1.29 is 4.74 Å². The Morgan fingerprint density at radius 3 is 2.57 bits per heavy atom. The van der Waals surface area contributed by atoms with Gasteiger partial charge >= 0.3 is 0 Å². The summed E-state index contributed by atoms with van der Waals surface area (Å²) in [7, 11) is 1.68. The maximum atomic E-state index is 5.25. The van der Waals surface area contributed by atoms with Gasteiger partial charge in [-0.1, -0.05) is 42.5 Å². The maximum absolute atomic E-state index is 5.25. The first-order valence-electron chi connectivity index (χ1n) is 6.63. The summed E-state index contributed by atoms with van der Waals surface area (Å²) in [5.74, 6) is 0.863. The van der Waals surface area contributed by atoms with Crippen molar-refractivity contribution in [3.05, 3.63) is 66.0 Å². The summed E-state index contributed by atoms with van der Waals surface area (Å²) in [6, 6.07) is 16.4. The second-order valence-corrected chi connectivity index (χ2v) is 4.58. The average molecular weight is 277 g/mol. The van der Waals surface area contributed by atoms with Crippen molar-refractivity contribution in [3.63, 3.8) is 0 Å². The van der Waals surface area contributed by atoms with Crippen LogP contribution in [0.15, 0.2) is 54.7 Å². The summed E-state index contributed by atoms with van der Waals surface area (Å²) in [6.07, 6.45) is 5.61. The molecular weight excluding hydrogens is 262 g/mol. The van der Waals surface area contributed by atoms with E-state index < -0.39 is 0 Å². The van der Waals surface area contributed by atoms with Crippen molar-refractivity contribution >= 4 is 12.2 Å². The molecule has 0 radical (unpaired) electrons. The number of benzene rings is 2. The highest BCUT2D eigenvalue weighted by Crippen LogP contribution is 2.24. The van der Waals surface area contributed by atoms with Crippen molar-refractivity contribution in [1.29, 1.82) is 0 Å². The second kappa shape index (κ2) is 6.05. The van der Waals surface area contributed by atoms with Gasteiger partial charge in [0.25, 0.3) is 0 Å². The molecule has 1 aromatic heterocycles. The number of aromatic nitrogens is 3. The van der Waals surface area contributed by atoms with Crippen molar-refractivity contribution in [2.24, 2.45) is 0 Å². The van der Waals surface area contributed by atoms with Gasteiger partial charge in [-0.25, -0.2) is 0 Å². The van der Waals surface area contributed by atoms with E-state index in [1.165, 1.54) is 0 Å². The number of nitrogens with one attached hydrogen (secondary N) is 1. The zero-order chi connectivity index (χ0) is 14.5. The van der Waals surface area contributed by atoms with Gasteiger partial charge in [-0.3, -0.25) is 0 Å². The van der Waals surface area contributed by atoms with Gasteiger partial charge in [0.05, 0.1) is 13.3 Å². The van der Waals surface area contributed by atoms with E-state index in [1.54, 1.807) is 13.3 Å². The smallest absolute Gasteiger partial charge is 0.119 e. The fourth-order valence-corrected chi connectivity index (χ4v) is 2.06. The van der Waals surface area contributed by atoms with Crippen LogP contribution in [0.25, 0.3) is 23.3 Å². The predicted octanol–water partition coefficient (Wildman–Crippen LogP) is 3.65. The highest BCUT2D eigenvalue weighted by atomic mass is 16.5. The number of aromatic amines is 1. The maximum Gasteiger partial charge on any atom is 0.119 e. The Hall–Kier alpha value is -2.88. The van der Waals surface area contributed by atoms with Gasteiger partial charge in [0.15, 0.2) is 0 Å². The van der Waals surface area contributed by atoms with Crippen LogP contribution in [0.2, 0.25) is 0 Å². The normalized spacial score (nSPS) is 10.9. The zero-order valence-corrected chi connectivity index (χ0v) is 11.7. The lowest BCUT2D eigenvalue weighted by Gasteiger charge is -2.05. The van der Waals surface area contributed by atoms with Crippen LogP contribution in [-0.2, 0) is 0 Å². The molecule has 0 aliphatic heterocycles. The molecular formula is C17H15N3O. The van der Waals surface area contributed by atoms with Crippen LogP contribution in [0.4, 0.5) is 0 Å². The lowest BCUT2D eigenvalue weighted by atomic mass is 10.0. The number of ether oxygens (including phenoxy) is 1.